The van der Waals surface area contributed by atoms with E-state index in [9.17, 15) is 4.79 Å². The maximum absolute atomic E-state index is 11.9. The molecule has 0 bridgehead atoms. The molecule has 3 aromatic rings. The number of amides is 1. The maximum atomic E-state index is 11.9. The highest BCUT2D eigenvalue weighted by Gasteiger charge is 2.24. The molecule has 1 aromatic heterocycles. The van der Waals surface area contributed by atoms with Gasteiger partial charge in [0.25, 0.3) is 5.91 Å². The molecule has 26 heavy (non-hydrogen) atoms. The van der Waals surface area contributed by atoms with Crippen molar-refractivity contribution >= 4 is 5.91 Å². The van der Waals surface area contributed by atoms with E-state index in [1.807, 2.05) is 59.3 Å². The number of hydrogen-bond donors (Lipinski definition) is 1. The highest BCUT2D eigenvalue weighted by molar-refractivity contribution is 5.98. The Morgan fingerprint density at radius 3 is 2.31 bits per heavy atom. The van der Waals surface area contributed by atoms with Crippen LogP contribution in [-0.2, 0) is 0 Å². The van der Waals surface area contributed by atoms with Gasteiger partial charge in [0.2, 0.25) is 0 Å². The van der Waals surface area contributed by atoms with Crippen molar-refractivity contribution in [2.75, 3.05) is 0 Å². The second-order valence-electron chi connectivity index (χ2n) is 6.59. The van der Waals surface area contributed by atoms with E-state index in [2.05, 4.69) is 5.10 Å². The van der Waals surface area contributed by atoms with Gasteiger partial charge in [-0.15, -0.1) is 0 Å². The molecule has 0 aliphatic heterocycles. The number of carbonyl (C=O) groups excluding carboxylic acids is 1. The summed E-state index contributed by atoms with van der Waals surface area (Å²) in [5, 5.41) is 4.47. The summed E-state index contributed by atoms with van der Waals surface area (Å²) in [6.45, 7) is 0. The molecule has 0 atom stereocenters. The zero-order valence-electron chi connectivity index (χ0n) is 14.5. The van der Waals surface area contributed by atoms with Crippen LogP contribution in [0.25, 0.3) is 11.3 Å². The van der Waals surface area contributed by atoms with Crippen LogP contribution < -0.4 is 10.5 Å². The van der Waals surface area contributed by atoms with E-state index in [1.165, 1.54) is 12.8 Å². The van der Waals surface area contributed by atoms with Crippen molar-refractivity contribution in [3.05, 3.63) is 66.4 Å². The second kappa shape index (κ2) is 7.04. The van der Waals surface area contributed by atoms with E-state index in [4.69, 9.17) is 10.5 Å². The molecular weight excluding hydrogens is 326 g/mol. The number of primary amides is 1. The zero-order valence-corrected chi connectivity index (χ0v) is 14.5. The molecule has 1 heterocycles. The van der Waals surface area contributed by atoms with E-state index in [0.717, 1.165) is 35.6 Å². The number of nitrogens with two attached hydrogens (primary N) is 1. The van der Waals surface area contributed by atoms with Crippen molar-refractivity contribution < 1.29 is 9.53 Å². The Balaban J connectivity index is 1.66. The Morgan fingerprint density at radius 1 is 1.00 bits per heavy atom. The SMILES string of the molecule is NC(=O)c1cnn(C2CCCC2)c1-c1ccc(Oc2ccccc2)cc1. The molecule has 0 radical (unpaired) electrons. The van der Waals surface area contributed by atoms with Gasteiger partial charge in [0.05, 0.1) is 23.5 Å². The van der Waals surface area contributed by atoms with Crippen LogP contribution in [0.4, 0.5) is 0 Å². The fourth-order valence-corrected chi connectivity index (χ4v) is 3.56. The molecule has 1 fully saturated rings. The van der Waals surface area contributed by atoms with E-state index in [1.54, 1.807) is 6.20 Å². The largest absolute Gasteiger partial charge is 0.457 e. The Morgan fingerprint density at radius 2 is 1.65 bits per heavy atom. The van der Waals surface area contributed by atoms with E-state index in [0.29, 0.717) is 11.6 Å². The normalized spacial score (nSPS) is 14.5. The number of ether oxygens (including phenoxy) is 1. The minimum Gasteiger partial charge on any atom is -0.457 e. The first-order chi connectivity index (χ1) is 12.7. The molecule has 5 heteroatoms. The molecule has 0 saturated heterocycles. The lowest BCUT2D eigenvalue weighted by atomic mass is 10.1. The molecular formula is C21H21N3O2. The monoisotopic (exact) mass is 347 g/mol. The Hall–Kier alpha value is -3.08. The van der Waals surface area contributed by atoms with Crippen molar-refractivity contribution in [2.45, 2.75) is 31.7 Å². The highest BCUT2D eigenvalue weighted by Crippen LogP contribution is 2.35. The summed E-state index contributed by atoms with van der Waals surface area (Å²) in [5.74, 6) is 1.08. The second-order valence-corrected chi connectivity index (χ2v) is 6.59. The molecule has 1 saturated carbocycles. The van der Waals surface area contributed by atoms with E-state index < -0.39 is 5.91 Å². The highest BCUT2D eigenvalue weighted by atomic mass is 16.5. The summed E-state index contributed by atoms with van der Waals surface area (Å²) < 4.78 is 7.82. The van der Waals surface area contributed by atoms with Gasteiger partial charge < -0.3 is 10.5 Å². The molecule has 0 spiro atoms. The molecule has 0 unspecified atom stereocenters. The topological polar surface area (TPSA) is 70.1 Å². The van der Waals surface area contributed by atoms with Crippen molar-refractivity contribution in [2.24, 2.45) is 5.73 Å². The number of carbonyl (C=O) groups is 1. The maximum Gasteiger partial charge on any atom is 0.252 e. The van der Waals surface area contributed by atoms with Gasteiger partial charge in [-0.3, -0.25) is 9.48 Å². The van der Waals surface area contributed by atoms with Gasteiger partial charge in [0.1, 0.15) is 11.5 Å². The minimum atomic E-state index is -0.450. The number of nitrogens with zero attached hydrogens (tertiary/aromatic N) is 2. The van der Waals surface area contributed by atoms with Crippen molar-refractivity contribution in [3.63, 3.8) is 0 Å². The van der Waals surface area contributed by atoms with Crippen LogP contribution in [0.2, 0.25) is 0 Å². The zero-order chi connectivity index (χ0) is 17.9. The summed E-state index contributed by atoms with van der Waals surface area (Å²) in [4.78, 5) is 11.9. The van der Waals surface area contributed by atoms with Gasteiger partial charge in [0.15, 0.2) is 0 Å². The number of benzene rings is 2. The number of rotatable bonds is 5. The van der Waals surface area contributed by atoms with Crippen LogP contribution in [0.3, 0.4) is 0 Å². The Kier molecular flexibility index (Phi) is 4.44. The molecule has 1 aliphatic carbocycles. The molecule has 4 rings (SSSR count). The molecule has 5 nitrogen and oxygen atoms in total. The summed E-state index contributed by atoms with van der Waals surface area (Å²) in [5.41, 5.74) is 7.77. The lowest BCUT2D eigenvalue weighted by Gasteiger charge is -2.15. The first-order valence-electron chi connectivity index (χ1n) is 8.93. The Bertz CT molecular complexity index is 895. The number of hydrogen-bond acceptors (Lipinski definition) is 3. The van der Waals surface area contributed by atoms with Gasteiger partial charge in [-0.1, -0.05) is 31.0 Å². The third-order valence-corrected chi connectivity index (χ3v) is 4.84. The first kappa shape index (κ1) is 16.4. The molecule has 1 amide bonds. The van der Waals surface area contributed by atoms with Crippen LogP contribution in [0.1, 0.15) is 42.1 Å². The standard InChI is InChI=1S/C21H21N3O2/c22-21(25)19-14-23-24(16-6-4-5-7-16)20(19)15-10-12-18(13-11-15)26-17-8-2-1-3-9-17/h1-3,8-14,16H,4-7H2,(H2,22,25). The predicted octanol–water partition coefficient (Wildman–Crippen LogP) is 4.56. The quantitative estimate of drug-likeness (QED) is 0.736. The third-order valence-electron chi connectivity index (χ3n) is 4.84. The summed E-state index contributed by atoms with van der Waals surface area (Å²) in [7, 11) is 0. The average molecular weight is 347 g/mol. The van der Waals surface area contributed by atoms with Gasteiger partial charge in [-0.05, 0) is 49.2 Å². The van der Waals surface area contributed by atoms with Crippen molar-refractivity contribution in [1.82, 2.24) is 9.78 Å². The van der Waals surface area contributed by atoms with Crippen molar-refractivity contribution in [3.8, 4) is 22.8 Å². The van der Waals surface area contributed by atoms with Gasteiger partial charge in [0, 0.05) is 5.56 Å². The molecule has 132 valence electrons. The third kappa shape index (κ3) is 3.20. The summed E-state index contributed by atoms with van der Waals surface area (Å²) >= 11 is 0. The Labute approximate surface area is 152 Å². The summed E-state index contributed by atoms with van der Waals surface area (Å²) in [6, 6.07) is 17.7. The van der Waals surface area contributed by atoms with E-state index in [-0.39, 0.29) is 0 Å². The van der Waals surface area contributed by atoms with Crippen molar-refractivity contribution in [1.29, 1.82) is 0 Å². The lowest BCUT2D eigenvalue weighted by Crippen LogP contribution is -2.14. The minimum absolute atomic E-state index is 0.332. The average Bonchev–Trinajstić information content (AvgIpc) is 3.33. The van der Waals surface area contributed by atoms with Crippen LogP contribution in [-0.4, -0.2) is 15.7 Å². The molecule has 2 N–H and O–H groups in total. The van der Waals surface area contributed by atoms with E-state index >= 15 is 0 Å². The van der Waals surface area contributed by atoms with Crippen LogP contribution in [0.15, 0.2) is 60.8 Å². The van der Waals surface area contributed by atoms with Gasteiger partial charge in [-0.25, -0.2) is 0 Å². The number of aromatic nitrogens is 2. The van der Waals surface area contributed by atoms with Gasteiger partial charge in [-0.2, -0.15) is 5.10 Å². The summed E-state index contributed by atoms with van der Waals surface area (Å²) in [6.07, 6.45) is 6.15. The number of para-hydroxylation sites is 1. The van der Waals surface area contributed by atoms with Crippen LogP contribution in [0.5, 0.6) is 11.5 Å². The van der Waals surface area contributed by atoms with Crippen LogP contribution >= 0.6 is 0 Å². The lowest BCUT2D eigenvalue weighted by molar-refractivity contribution is 0.100. The van der Waals surface area contributed by atoms with Crippen LogP contribution in [0, 0.1) is 0 Å². The van der Waals surface area contributed by atoms with Gasteiger partial charge >= 0.3 is 0 Å². The predicted molar refractivity (Wildman–Crippen MR) is 100 cm³/mol. The fraction of sp³-hybridized carbons (Fsp3) is 0.238. The first-order valence-corrected chi connectivity index (χ1v) is 8.93. The smallest absolute Gasteiger partial charge is 0.252 e. The molecule has 1 aliphatic rings. The fourth-order valence-electron chi connectivity index (χ4n) is 3.56. The molecule has 2 aromatic carbocycles.